The Kier molecular flexibility index (Phi) is 12.2. The summed E-state index contributed by atoms with van der Waals surface area (Å²) in [6.45, 7) is 6.60. The van der Waals surface area contributed by atoms with Crippen LogP contribution in [0.25, 0.3) is 0 Å². The van der Waals surface area contributed by atoms with E-state index in [0.717, 1.165) is 13.1 Å². The molecule has 0 aromatic carbocycles. The Hall–Kier alpha value is -1.47. The molecule has 8 nitrogen and oxygen atoms in total. The van der Waals surface area contributed by atoms with Crippen LogP contribution in [0.4, 0.5) is 0 Å². The summed E-state index contributed by atoms with van der Waals surface area (Å²) < 4.78 is 13.3. The zero-order valence-electron chi connectivity index (χ0n) is 13.8. The molecule has 0 saturated carbocycles. The maximum atomic E-state index is 9.10. The van der Waals surface area contributed by atoms with Crippen molar-refractivity contribution in [1.29, 1.82) is 0 Å². The molecule has 0 atom stereocenters. The van der Waals surface area contributed by atoms with Crippen molar-refractivity contribution >= 4 is 7.75 Å². The smallest absolute Gasteiger partial charge is 0.337 e. The van der Waals surface area contributed by atoms with Gasteiger partial charge < -0.3 is 18.9 Å². The second-order valence-electron chi connectivity index (χ2n) is 4.90. The number of aromatic nitrogens is 4. The summed E-state index contributed by atoms with van der Waals surface area (Å²) in [6.07, 6.45) is 16.3. The van der Waals surface area contributed by atoms with Crippen LogP contribution in [0.3, 0.4) is 0 Å². The molecule has 0 bridgehead atoms. The van der Waals surface area contributed by atoms with Gasteiger partial charge in [0.05, 0.1) is 12.7 Å². The molecule has 0 saturated heterocycles. The fraction of sp³-hybridized carbons (Fsp3) is 0.571. The molecule has 132 valence electrons. The van der Waals surface area contributed by atoms with E-state index in [1.54, 1.807) is 0 Å². The minimum absolute atomic E-state index is 1.11. The van der Waals surface area contributed by atoms with Crippen molar-refractivity contribution in [2.45, 2.75) is 52.6 Å². The third-order valence-corrected chi connectivity index (χ3v) is 2.66. The largest absolute Gasteiger partial charge is 0.397 e. The van der Waals surface area contributed by atoms with Crippen LogP contribution in [0, 0.1) is 0 Å². The zero-order valence-corrected chi connectivity index (χ0v) is 14.7. The predicted octanol–water partition coefficient (Wildman–Crippen LogP) is 2.40. The molecule has 0 aliphatic carbocycles. The highest BCUT2D eigenvalue weighted by molar-refractivity contribution is 7.49. The number of hydrogen-bond donors (Lipinski definition) is 3. The predicted molar refractivity (Wildman–Crippen MR) is 90.5 cm³/mol. The van der Waals surface area contributed by atoms with Crippen LogP contribution in [0.2, 0.25) is 0 Å². The third-order valence-electron chi connectivity index (χ3n) is 2.66. The van der Waals surface area contributed by atoms with Gasteiger partial charge in [-0.15, -0.1) is 0 Å². The van der Waals surface area contributed by atoms with Crippen LogP contribution >= 0.6 is 7.75 Å². The Bertz CT molecular complexity index is 464. The molecule has 0 spiro atoms. The maximum absolute atomic E-state index is 9.10. The summed E-state index contributed by atoms with van der Waals surface area (Å²) >= 11 is 0. The first-order chi connectivity index (χ1) is 10.9. The van der Waals surface area contributed by atoms with E-state index >= 15 is 0 Å². The fourth-order valence-corrected chi connectivity index (χ4v) is 1.52. The van der Waals surface area contributed by atoms with E-state index in [1.807, 2.05) is 37.4 Å². The topological polar surface area (TPSA) is 119 Å². The summed E-state index contributed by atoms with van der Waals surface area (Å²) in [7, 11) is -4.14. The van der Waals surface area contributed by atoms with Crippen LogP contribution in [-0.4, -0.2) is 28.9 Å². The van der Waals surface area contributed by atoms with Crippen molar-refractivity contribution in [3.63, 3.8) is 0 Å². The summed E-state index contributed by atoms with van der Waals surface area (Å²) in [4.78, 5) is 22.7. The van der Waals surface area contributed by atoms with Crippen LogP contribution in [0.5, 0.6) is 0 Å². The molecule has 0 fully saturated rings. The van der Waals surface area contributed by atoms with Gasteiger partial charge in [-0.05, 0) is 12.8 Å². The number of unbranched alkanes of at least 4 members (excludes halogenated alkanes) is 2. The van der Waals surface area contributed by atoms with Gasteiger partial charge in [0.25, 0.3) is 0 Å². The number of imidazole rings is 2. The minimum atomic E-state index is -4.14. The molecule has 0 amide bonds. The lowest BCUT2D eigenvalue weighted by Crippen LogP contribution is -1.92. The number of hydrogen-bond acceptors (Lipinski definition) is 3. The van der Waals surface area contributed by atoms with E-state index in [2.05, 4.69) is 38.5 Å². The van der Waals surface area contributed by atoms with E-state index in [4.69, 9.17) is 14.4 Å². The summed E-state index contributed by atoms with van der Waals surface area (Å²) in [5.41, 5.74) is 4.02. The SMILES string of the molecule is CCCCn1ccnc1.CCCCn1ccnc1.NP(=O)(O)O. The van der Waals surface area contributed by atoms with E-state index in [-0.39, 0.29) is 0 Å². The van der Waals surface area contributed by atoms with Gasteiger partial charge >= 0.3 is 7.75 Å². The molecule has 4 N–H and O–H groups in total. The number of nitrogens with zero attached hydrogens (tertiary/aromatic N) is 4. The molecule has 9 heteroatoms. The molecule has 0 aliphatic heterocycles. The third kappa shape index (κ3) is 16.7. The average molecular weight is 345 g/mol. The van der Waals surface area contributed by atoms with E-state index in [0.29, 0.717) is 0 Å². The van der Waals surface area contributed by atoms with Crippen molar-refractivity contribution < 1.29 is 14.4 Å². The molecular formula is C14H28N5O3P. The Morgan fingerprint density at radius 3 is 1.52 bits per heavy atom. The lowest BCUT2D eigenvalue weighted by atomic mass is 10.3. The Balaban J connectivity index is 0.000000332. The number of nitrogens with two attached hydrogens (primary N) is 1. The maximum Gasteiger partial charge on any atom is 0.397 e. The highest BCUT2D eigenvalue weighted by atomic mass is 31.2. The van der Waals surface area contributed by atoms with Gasteiger partial charge in [0.1, 0.15) is 0 Å². The average Bonchev–Trinajstić information content (AvgIpc) is 3.15. The molecule has 0 unspecified atom stereocenters. The number of aryl methyl sites for hydroxylation is 2. The Morgan fingerprint density at radius 1 is 0.957 bits per heavy atom. The highest BCUT2D eigenvalue weighted by Gasteiger charge is 1.96. The highest BCUT2D eigenvalue weighted by Crippen LogP contribution is 2.20. The molecule has 0 aliphatic rings. The summed E-state index contributed by atoms with van der Waals surface area (Å²) in [6, 6.07) is 0. The van der Waals surface area contributed by atoms with Crippen molar-refractivity contribution in [3.8, 4) is 0 Å². The standard InChI is InChI=1S/2C7H12N2.H4NO3P/c2*1-2-3-5-9-6-4-8-7-9;1-5(2,3)4/h2*4,6-7H,2-3,5H2,1H3;(H4,1,2,3,4). The zero-order chi connectivity index (χ0) is 17.6. The van der Waals surface area contributed by atoms with Crippen molar-refractivity contribution in [2.24, 2.45) is 5.50 Å². The van der Waals surface area contributed by atoms with Gasteiger partial charge in [-0.1, -0.05) is 26.7 Å². The summed E-state index contributed by atoms with van der Waals surface area (Å²) in [5.74, 6) is 0. The van der Waals surface area contributed by atoms with E-state index < -0.39 is 7.75 Å². The second kappa shape index (κ2) is 13.0. The van der Waals surface area contributed by atoms with Crippen molar-refractivity contribution in [3.05, 3.63) is 37.4 Å². The van der Waals surface area contributed by atoms with Gasteiger partial charge in [-0.2, -0.15) is 0 Å². The van der Waals surface area contributed by atoms with Gasteiger partial charge in [0.2, 0.25) is 0 Å². The quantitative estimate of drug-likeness (QED) is 0.692. The van der Waals surface area contributed by atoms with Gasteiger partial charge in [-0.3, -0.25) is 0 Å². The first-order valence-corrected chi connectivity index (χ1v) is 9.30. The Morgan fingerprint density at radius 2 is 1.30 bits per heavy atom. The lowest BCUT2D eigenvalue weighted by Gasteiger charge is -1.96. The van der Waals surface area contributed by atoms with Gasteiger partial charge in [-0.25, -0.2) is 20.0 Å². The van der Waals surface area contributed by atoms with E-state index in [1.165, 1.54) is 25.7 Å². The molecule has 2 heterocycles. The van der Waals surface area contributed by atoms with Crippen molar-refractivity contribution in [1.82, 2.24) is 19.1 Å². The lowest BCUT2D eigenvalue weighted by molar-refractivity contribution is 0.374. The van der Waals surface area contributed by atoms with Gasteiger partial charge in [0, 0.05) is 37.9 Å². The van der Waals surface area contributed by atoms with Crippen molar-refractivity contribution in [2.75, 3.05) is 0 Å². The van der Waals surface area contributed by atoms with E-state index in [9.17, 15) is 0 Å². The molecule has 2 aromatic heterocycles. The Labute approximate surface area is 137 Å². The molecule has 23 heavy (non-hydrogen) atoms. The minimum Gasteiger partial charge on any atom is -0.337 e. The van der Waals surface area contributed by atoms with Crippen LogP contribution < -0.4 is 5.50 Å². The molecule has 2 rings (SSSR count). The molecule has 0 radical (unpaired) electrons. The molecule has 2 aromatic rings. The first kappa shape index (κ1) is 21.5. The van der Waals surface area contributed by atoms with Gasteiger partial charge in [0.15, 0.2) is 0 Å². The fourth-order valence-electron chi connectivity index (χ4n) is 1.52. The second-order valence-corrected chi connectivity index (χ2v) is 6.08. The first-order valence-electron chi connectivity index (χ1n) is 7.62. The normalized spacial score (nSPS) is 10.3. The van der Waals surface area contributed by atoms with Crippen LogP contribution in [0.1, 0.15) is 39.5 Å². The van der Waals surface area contributed by atoms with Crippen LogP contribution in [0.15, 0.2) is 37.4 Å². The number of rotatable bonds is 6. The van der Waals surface area contributed by atoms with Crippen LogP contribution in [-0.2, 0) is 17.7 Å². The molecular weight excluding hydrogens is 317 g/mol. The monoisotopic (exact) mass is 345 g/mol. The summed E-state index contributed by atoms with van der Waals surface area (Å²) in [5, 5.41) is 0.